The van der Waals surface area contributed by atoms with Crippen LogP contribution in [0.15, 0.2) is 0 Å². The predicted octanol–water partition coefficient (Wildman–Crippen LogP) is -0.168. The molecule has 0 aromatic rings. The maximum absolute atomic E-state index is 11.2. The fourth-order valence-corrected chi connectivity index (χ4v) is 1.87. The first-order valence-corrected chi connectivity index (χ1v) is 6.23. The molecule has 1 fully saturated rings. The molecule has 124 valence electrons. The average molecular weight is 320 g/mol. The van der Waals surface area contributed by atoms with Crippen LogP contribution < -0.4 is 0 Å². The Morgan fingerprint density at radius 1 is 0.909 bits per heavy atom. The number of hydrogen-bond donors (Lipinski definition) is 1. The standard InChI is InChI=1S/C12H16O10/c1-5(13)18-4-8-9(19-6(2)14)10(20-7(3)15)11(21-8)22-12(16)17/h8-11H,4H2,1-3H3,(H,16,17)/t8-,9+,10-,11+/m0/s1. The topological polar surface area (TPSA) is 135 Å². The fraction of sp³-hybridized carbons (Fsp3) is 0.667. The molecule has 4 atom stereocenters. The summed E-state index contributed by atoms with van der Waals surface area (Å²) < 4.78 is 24.3. The van der Waals surface area contributed by atoms with Gasteiger partial charge in [-0.15, -0.1) is 0 Å². The van der Waals surface area contributed by atoms with Crippen LogP contribution in [0.3, 0.4) is 0 Å². The summed E-state index contributed by atoms with van der Waals surface area (Å²) in [6.45, 7) is 3.02. The maximum atomic E-state index is 11.2. The van der Waals surface area contributed by atoms with Gasteiger partial charge in [-0.25, -0.2) is 4.79 Å². The van der Waals surface area contributed by atoms with E-state index in [0.29, 0.717) is 0 Å². The van der Waals surface area contributed by atoms with Crippen molar-refractivity contribution in [3.05, 3.63) is 0 Å². The first kappa shape index (κ1) is 17.7. The van der Waals surface area contributed by atoms with Gasteiger partial charge >= 0.3 is 24.1 Å². The van der Waals surface area contributed by atoms with Crippen molar-refractivity contribution in [3.8, 4) is 0 Å². The summed E-state index contributed by atoms with van der Waals surface area (Å²) in [5.74, 6) is -2.08. The third kappa shape index (κ3) is 5.20. The molecule has 0 bridgehead atoms. The molecule has 10 heteroatoms. The Morgan fingerprint density at radius 3 is 1.91 bits per heavy atom. The predicted molar refractivity (Wildman–Crippen MR) is 65.5 cm³/mol. The minimum Gasteiger partial charge on any atom is -0.463 e. The van der Waals surface area contributed by atoms with Crippen LogP contribution in [0.5, 0.6) is 0 Å². The molecule has 1 rings (SSSR count). The highest BCUT2D eigenvalue weighted by atomic mass is 16.8. The Kier molecular flexibility index (Phi) is 6.11. The monoisotopic (exact) mass is 320 g/mol. The quantitative estimate of drug-likeness (QED) is 0.537. The van der Waals surface area contributed by atoms with Crippen LogP contribution in [-0.4, -0.2) is 60.4 Å². The molecular weight excluding hydrogens is 304 g/mol. The average Bonchev–Trinajstić information content (AvgIpc) is 2.63. The van der Waals surface area contributed by atoms with Crippen LogP contribution >= 0.6 is 0 Å². The Bertz CT molecular complexity index is 459. The summed E-state index contributed by atoms with van der Waals surface area (Å²) in [4.78, 5) is 43.8. The van der Waals surface area contributed by atoms with E-state index in [1.807, 2.05) is 0 Å². The fourth-order valence-electron chi connectivity index (χ4n) is 1.87. The molecule has 0 radical (unpaired) electrons. The zero-order valence-corrected chi connectivity index (χ0v) is 12.1. The molecule has 1 aliphatic heterocycles. The number of carboxylic acid groups (broad SMARTS) is 1. The van der Waals surface area contributed by atoms with Gasteiger partial charge in [0.15, 0.2) is 6.10 Å². The van der Waals surface area contributed by atoms with Crippen LogP contribution in [0.4, 0.5) is 4.79 Å². The molecular formula is C12H16O10. The van der Waals surface area contributed by atoms with Crippen molar-refractivity contribution in [1.29, 1.82) is 0 Å². The zero-order valence-electron chi connectivity index (χ0n) is 12.1. The number of carbonyl (C=O) groups is 4. The van der Waals surface area contributed by atoms with Crippen LogP contribution in [0.2, 0.25) is 0 Å². The van der Waals surface area contributed by atoms with Crippen LogP contribution in [0, 0.1) is 0 Å². The van der Waals surface area contributed by atoms with Crippen molar-refractivity contribution < 1.29 is 48.0 Å². The lowest BCUT2D eigenvalue weighted by Crippen LogP contribution is -2.42. The molecule has 22 heavy (non-hydrogen) atoms. The van der Waals surface area contributed by atoms with E-state index in [1.165, 1.54) is 0 Å². The summed E-state index contributed by atoms with van der Waals surface area (Å²) in [5.41, 5.74) is 0. The lowest BCUT2D eigenvalue weighted by molar-refractivity contribution is -0.178. The summed E-state index contributed by atoms with van der Waals surface area (Å²) in [6, 6.07) is 0. The summed E-state index contributed by atoms with van der Waals surface area (Å²) in [6.07, 6.45) is -6.70. The Morgan fingerprint density at radius 2 is 1.45 bits per heavy atom. The second-order valence-electron chi connectivity index (χ2n) is 4.38. The van der Waals surface area contributed by atoms with E-state index in [-0.39, 0.29) is 6.61 Å². The number of rotatable bonds is 5. The number of ether oxygens (including phenoxy) is 5. The molecule has 1 saturated heterocycles. The zero-order chi connectivity index (χ0) is 16.9. The van der Waals surface area contributed by atoms with Crippen molar-refractivity contribution in [2.75, 3.05) is 6.61 Å². The van der Waals surface area contributed by atoms with Crippen molar-refractivity contribution >= 4 is 24.1 Å². The first-order chi connectivity index (χ1) is 10.2. The second kappa shape index (κ2) is 7.59. The number of hydrogen-bond acceptors (Lipinski definition) is 9. The lowest BCUT2D eigenvalue weighted by Gasteiger charge is -2.22. The van der Waals surface area contributed by atoms with Crippen LogP contribution in [0.1, 0.15) is 20.8 Å². The third-order valence-corrected chi connectivity index (χ3v) is 2.54. The van der Waals surface area contributed by atoms with Gasteiger partial charge in [-0.05, 0) is 0 Å². The van der Waals surface area contributed by atoms with Gasteiger partial charge in [0.25, 0.3) is 0 Å². The lowest BCUT2D eigenvalue weighted by atomic mass is 10.1. The van der Waals surface area contributed by atoms with Crippen LogP contribution in [-0.2, 0) is 38.1 Å². The molecule has 10 nitrogen and oxygen atoms in total. The van der Waals surface area contributed by atoms with Gasteiger partial charge in [0.05, 0.1) is 0 Å². The van der Waals surface area contributed by atoms with Gasteiger partial charge in [-0.3, -0.25) is 14.4 Å². The normalized spacial score (nSPS) is 26.9. The maximum Gasteiger partial charge on any atom is 0.508 e. The van der Waals surface area contributed by atoms with E-state index in [1.54, 1.807) is 0 Å². The van der Waals surface area contributed by atoms with E-state index in [2.05, 4.69) is 4.74 Å². The molecule has 0 aliphatic carbocycles. The molecule has 0 aromatic heterocycles. The highest BCUT2D eigenvalue weighted by Crippen LogP contribution is 2.28. The smallest absolute Gasteiger partial charge is 0.463 e. The van der Waals surface area contributed by atoms with E-state index in [0.717, 1.165) is 20.8 Å². The van der Waals surface area contributed by atoms with Crippen molar-refractivity contribution in [3.63, 3.8) is 0 Å². The Balaban J connectivity index is 2.94. The van der Waals surface area contributed by atoms with Gasteiger partial charge in [-0.1, -0.05) is 0 Å². The molecule has 1 heterocycles. The van der Waals surface area contributed by atoms with E-state index >= 15 is 0 Å². The number of carbonyl (C=O) groups excluding carboxylic acids is 3. The summed E-state index contributed by atoms with van der Waals surface area (Å²) in [5, 5.41) is 8.66. The molecule has 0 aromatic carbocycles. The van der Waals surface area contributed by atoms with Crippen molar-refractivity contribution in [2.45, 2.75) is 45.4 Å². The van der Waals surface area contributed by atoms with Gasteiger partial charge in [0, 0.05) is 20.8 Å². The molecule has 0 unspecified atom stereocenters. The van der Waals surface area contributed by atoms with Gasteiger partial charge in [0.1, 0.15) is 12.7 Å². The SMILES string of the molecule is CC(=O)OC[C@@H]1O[C@H](OC(=O)O)[C@@H](OC(C)=O)[C@@H]1OC(C)=O. The van der Waals surface area contributed by atoms with Crippen LogP contribution in [0.25, 0.3) is 0 Å². The molecule has 1 N–H and O–H groups in total. The molecule has 0 saturated carbocycles. The van der Waals surface area contributed by atoms with Gasteiger partial charge in [0.2, 0.25) is 12.4 Å². The van der Waals surface area contributed by atoms with E-state index < -0.39 is 48.7 Å². The largest absolute Gasteiger partial charge is 0.508 e. The third-order valence-electron chi connectivity index (χ3n) is 2.54. The van der Waals surface area contributed by atoms with Gasteiger partial charge < -0.3 is 28.8 Å². The minimum absolute atomic E-state index is 0.329. The summed E-state index contributed by atoms with van der Waals surface area (Å²) in [7, 11) is 0. The first-order valence-electron chi connectivity index (χ1n) is 6.23. The molecule has 0 amide bonds. The minimum atomic E-state index is -1.67. The Labute approximate surface area is 125 Å². The highest BCUT2D eigenvalue weighted by Gasteiger charge is 2.51. The molecule has 0 spiro atoms. The summed E-state index contributed by atoms with van der Waals surface area (Å²) >= 11 is 0. The second-order valence-corrected chi connectivity index (χ2v) is 4.38. The highest BCUT2D eigenvalue weighted by molar-refractivity contribution is 5.68. The van der Waals surface area contributed by atoms with E-state index in [9.17, 15) is 19.2 Å². The van der Waals surface area contributed by atoms with Crippen molar-refractivity contribution in [1.82, 2.24) is 0 Å². The van der Waals surface area contributed by atoms with Gasteiger partial charge in [-0.2, -0.15) is 0 Å². The van der Waals surface area contributed by atoms with Crippen molar-refractivity contribution in [2.24, 2.45) is 0 Å². The molecule has 1 aliphatic rings. The Hall–Kier alpha value is -2.36. The van der Waals surface area contributed by atoms with E-state index in [4.69, 9.17) is 24.1 Å². The number of esters is 3.